The van der Waals surface area contributed by atoms with Crippen molar-refractivity contribution >= 4 is 16.8 Å². The molecule has 2 heterocycles. The molecule has 1 aromatic carbocycles. The number of nitrogens with one attached hydrogen (secondary N) is 1. The maximum atomic E-state index is 12.7. The molecule has 0 aliphatic heterocycles. The highest BCUT2D eigenvalue weighted by molar-refractivity contribution is 6.07. The summed E-state index contributed by atoms with van der Waals surface area (Å²) in [6, 6.07) is 11.0. The molecule has 5 heteroatoms. The van der Waals surface area contributed by atoms with Gasteiger partial charge < -0.3 is 10.4 Å². The quantitative estimate of drug-likeness (QED) is 0.775. The summed E-state index contributed by atoms with van der Waals surface area (Å²) in [5.74, 6) is -0.223. The fourth-order valence-electron chi connectivity index (χ4n) is 2.54. The number of nitrogens with zero attached hydrogens (tertiary/aromatic N) is 2. The van der Waals surface area contributed by atoms with E-state index in [1.54, 1.807) is 25.4 Å². The fourth-order valence-corrected chi connectivity index (χ4v) is 2.54. The lowest BCUT2D eigenvalue weighted by Gasteiger charge is -2.14. The van der Waals surface area contributed by atoms with Gasteiger partial charge in [-0.2, -0.15) is 0 Å². The smallest absolute Gasteiger partial charge is 0.252 e. The van der Waals surface area contributed by atoms with Gasteiger partial charge >= 0.3 is 0 Å². The van der Waals surface area contributed by atoms with Gasteiger partial charge in [0.05, 0.1) is 23.4 Å². The Morgan fingerprint density at radius 3 is 2.83 bits per heavy atom. The van der Waals surface area contributed by atoms with Crippen molar-refractivity contribution < 1.29 is 9.90 Å². The highest BCUT2D eigenvalue weighted by Crippen LogP contribution is 2.25. The second kappa shape index (κ2) is 6.76. The number of aliphatic hydroxyl groups is 1. The Kier molecular flexibility index (Phi) is 4.53. The summed E-state index contributed by atoms with van der Waals surface area (Å²) in [5.41, 5.74) is 3.90. The molecule has 5 nitrogen and oxygen atoms in total. The summed E-state index contributed by atoms with van der Waals surface area (Å²) in [4.78, 5) is 21.4. The largest absolute Gasteiger partial charge is 0.394 e. The van der Waals surface area contributed by atoms with Crippen molar-refractivity contribution in [1.29, 1.82) is 0 Å². The molecule has 1 unspecified atom stereocenters. The maximum Gasteiger partial charge on any atom is 0.252 e. The molecule has 1 amide bonds. The van der Waals surface area contributed by atoms with Crippen LogP contribution in [0.3, 0.4) is 0 Å². The van der Waals surface area contributed by atoms with Gasteiger partial charge in [0.25, 0.3) is 5.91 Å². The second-order valence-corrected chi connectivity index (χ2v) is 5.87. The molecule has 0 saturated carbocycles. The standard InChI is InChI=1S/C19H19N3O2/c1-12-5-6-17-15(8-12)16(19(24)21-13(2)11-23)9-18(22-17)14-4-3-7-20-10-14/h3-10,13,23H,11H2,1-2H3,(H,21,24). The Morgan fingerprint density at radius 2 is 2.12 bits per heavy atom. The van der Waals surface area contributed by atoms with Crippen molar-refractivity contribution in [3.05, 3.63) is 59.9 Å². The van der Waals surface area contributed by atoms with E-state index in [0.29, 0.717) is 11.3 Å². The van der Waals surface area contributed by atoms with Crippen LogP contribution in [0.5, 0.6) is 0 Å². The van der Waals surface area contributed by atoms with Crippen molar-refractivity contribution in [2.45, 2.75) is 19.9 Å². The molecule has 2 N–H and O–H groups in total. The predicted molar refractivity (Wildman–Crippen MR) is 93.7 cm³/mol. The molecule has 1 atom stereocenters. The van der Waals surface area contributed by atoms with Gasteiger partial charge in [-0.25, -0.2) is 4.98 Å². The Labute approximate surface area is 140 Å². The van der Waals surface area contributed by atoms with Crippen molar-refractivity contribution in [3.63, 3.8) is 0 Å². The number of benzene rings is 1. The summed E-state index contributed by atoms with van der Waals surface area (Å²) in [5, 5.41) is 12.8. The number of fused-ring (bicyclic) bond motifs is 1. The highest BCUT2D eigenvalue weighted by Gasteiger charge is 2.16. The third kappa shape index (κ3) is 3.26. The Hall–Kier alpha value is -2.79. The minimum absolute atomic E-state index is 0.108. The number of carbonyl (C=O) groups is 1. The zero-order chi connectivity index (χ0) is 17.1. The van der Waals surface area contributed by atoms with Crippen LogP contribution in [0.4, 0.5) is 0 Å². The van der Waals surface area contributed by atoms with Crippen LogP contribution in [0, 0.1) is 6.92 Å². The number of hydrogen-bond acceptors (Lipinski definition) is 4. The molecule has 0 spiro atoms. The molecule has 2 aromatic heterocycles. The topological polar surface area (TPSA) is 75.1 Å². The maximum absolute atomic E-state index is 12.7. The van der Waals surface area contributed by atoms with E-state index in [4.69, 9.17) is 0 Å². The lowest BCUT2D eigenvalue weighted by Crippen LogP contribution is -2.35. The first-order chi connectivity index (χ1) is 11.6. The molecular weight excluding hydrogens is 302 g/mol. The summed E-state index contributed by atoms with van der Waals surface area (Å²) < 4.78 is 0. The van der Waals surface area contributed by atoms with E-state index in [0.717, 1.165) is 22.0 Å². The predicted octanol–water partition coefficient (Wildman–Crippen LogP) is 2.72. The van der Waals surface area contributed by atoms with Gasteiger partial charge in [-0.1, -0.05) is 11.6 Å². The summed E-state index contributed by atoms with van der Waals surface area (Å²) in [7, 11) is 0. The van der Waals surface area contributed by atoms with Gasteiger partial charge in [-0.3, -0.25) is 9.78 Å². The first-order valence-electron chi connectivity index (χ1n) is 7.82. The number of carbonyl (C=O) groups excluding carboxylic acids is 1. The van der Waals surface area contributed by atoms with Gasteiger partial charge in [0.2, 0.25) is 0 Å². The van der Waals surface area contributed by atoms with Crippen molar-refractivity contribution in [2.24, 2.45) is 0 Å². The zero-order valence-electron chi connectivity index (χ0n) is 13.7. The van der Waals surface area contributed by atoms with Crippen LogP contribution in [0.15, 0.2) is 48.8 Å². The van der Waals surface area contributed by atoms with Crippen LogP contribution in [0.25, 0.3) is 22.2 Å². The number of pyridine rings is 2. The number of aromatic nitrogens is 2. The highest BCUT2D eigenvalue weighted by atomic mass is 16.3. The van der Waals surface area contributed by atoms with E-state index in [2.05, 4.69) is 15.3 Å². The molecule has 24 heavy (non-hydrogen) atoms. The minimum Gasteiger partial charge on any atom is -0.394 e. The van der Waals surface area contributed by atoms with E-state index < -0.39 is 0 Å². The van der Waals surface area contributed by atoms with Crippen molar-refractivity contribution in [2.75, 3.05) is 6.61 Å². The first kappa shape index (κ1) is 16.1. The Balaban J connectivity index is 2.17. The van der Waals surface area contributed by atoms with E-state index in [9.17, 15) is 9.90 Å². The SMILES string of the molecule is Cc1ccc2nc(-c3cccnc3)cc(C(=O)NC(C)CO)c2c1. The third-order valence-corrected chi connectivity index (χ3v) is 3.82. The summed E-state index contributed by atoms with van der Waals surface area (Å²) in [6.45, 7) is 3.63. The molecule has 0 bridgehead atoms. The molecule has 0 aliphatic carbocycles. The average Bonchev–Trinajstić information content (AvgIpc) is 2.61. The Morgan fingerprint density at radius 1 is 1.29 bits per heavy atom. The van der Waals surface area contributed by atoms with Crippen LogP contribution in [0.1, 0.15) is 22.8 Å². The van der Waals surface area contributed by atoms with Crippen molar-refractivity contribution in [3.8, 4) is 11.3 Å². The lowest BCUT2D eigenvalue weighted by molar-refractivity contribution is 0.0924. The zero-order valence-corrected chi connectivity index (χ0v) is 13.7. The Bertz CT molecular complexity index is 878. The number of aliphatic hydroxyl groups excluding tert-OH is 1. The first-order valence-corrected chi connectivity index (χ1v) is 7.82. The lowest BCUT2D eigenvalue weighted by atomic mass is 10.0. The number of aryl methyl sites for hydroxylation is 1. The molecule has 3 aromatic rings. The normalized spacial score (nSPS) is 12.1. The molecule has 122 valence electrons. The van der Waals surface area contributed by atoms with Crippen LogP contribution in [0.2, 0.25) is 0 Å². The van der Waals surface area contributed by atoms with Gasteiger partial charge in [0.15, 0.2) is 0 Å². The molecule has 0 fully saturated rings. The minimum atomic E-state index is -0.313. The van der Waals surface area contributed by atoms with Gasteiger partial charge in [0, 0.05) is 29.4 Å². The van der Waals surface area contributed by atoms with E-state index in [-0.39, 0.29) is 18.6 Å². The molecule has 3 rings (SSSR count). The fraction of sp³-hybridized carbons (Fsp3) is 0.211. The monoisotopic (exact) mass is 321 g/mol. The summed E-state index contributed by atoms with van der Waals surface area (Å²) >= 11 is 0. The van der Waals surface area contributed by atoms with E-state index >= 15 is 0 Å². The molecule has 0 radical (unpaired) electrons. The van der Waals surface area contributed by atoms with Crippen LogP contribution >= 0.6 is 0 Å². The van der Waals surface area contributed by atoms with Gasteiger partial charge in [-0.05, 0) is 44.2 Å². The van der Waals surface area contributed by atoms with Gasteiger partial charge in [0.1, 0.15) is 0 Å². The van der Waals surface area contributed by atoms with E-state index in [1.165, 1.54) is 0 Å². The van der Waals surface area contributed by atoms with E-state index in [1.807, 2.05) is 37.3 Å². The number of hydrogen-bond donors (Lipinski definition) is 2. The number of amides is 1. The average molecular weight is 321 g/mol. The third-order valence-electron chi connectivity index (χ3n) is 3.82. The van der Waals surface area contributed by atoms with Crippen LogP contribution < -0.4 is 5.32 Å². The van der Waals surface area contributed by atoms with Crippen LogP contribution in [-0.4, -0.2) is 33.6 Å². The second-order valence-electron chi connectivity index (χ2n) is 5.87. The summed E-state index contributed by atoms with van der Waals surface area (Å²) in [6.07, 6.45) is 3.42. The van der Waals surface area contributed by atoms with Gasteiger partial charge in [-0.15, -0.1) is 0 Å². The molecule has 0 saturated heterocycles. The van der Waals surface area contributed by atoms with Crippen molar-refractivity contribution in [1.82, 2.24) is 15.3 Å². The number of rotatable bonds is 4. The molecule has 0 aliphatic rings. The molecular formula is C19H19N3O2. The van der Waals surface area contributed by atoms with Crippen LogP contribution in [-0.2, 0) is 0 Å².